The number of nitrogens with zero attached hydrogens (tertiary/aromatic N) is 2. The smallest absolute Gasteiger partial charge is 0.248 e. The lowest BCUT2D eigenvalue weighted by Crippen LogP contribution is -2.51. The average molecular weight is 336 g/mol. The van der Waals surface area contributed by atoms with Gasteiger partial charge in [0.25, 0.3) is 0 Å². The first kappa shape index (κ1) is 18.5. The molecule has 2 atom stereocenters. The molecule has 1 aliphatic heterocycles. The van der Waals surface area contributed by atoms with Crippen LogP contribution in [-0.2, 0) is 9.63 Å². The Morgan fingerprint density at radius 2 is 1.88 bits per heavy atom. The van der Waals surface area contributed by atoms with Crippen molar-refractivity contribution >= 4 is 11.6 Å². The van der Waals surface area contributed by atoms with Crippen molar-refractivity contribution in [3.63, 3.8) is 0 Å². The average Bonchev–Trinajstić information content (AvgIpc) is 2.98. The highest BCUT2D eigenvalue weighted by atomic mass is 16.7. The van der Waals surface area contributed by atoms with Crippen LogP contribution in [0.4, 0.5) is 5.69 Å². The zero-order chi connectivity index (χ0) is 17.9. The van der Waals surface area contributed by atoms with Crippen LogP contribution < -0.4 is 9.80 Å². The van der Waals surface area contributed by atoms with Gasteiger partial charge in [0.1, 0.15) is 17.9 Å². The van der Waals surface area contributed by atoms with E-state index in [0.717, 1.165) is 11.4 Å². The highest BCUT2D eigenvalue weighted by Gasteiger charge is 2.41. The molecule has 0 aliphatic carbocycles. The summed E-state index contributed by atoms with van der Waals surface area (Å²) < 4.78 is 5.18. The number of anilines is 1. The van der Waals surface area contributed by atoms with Crippen LogP contribution >= 0.6 is 0 Å². The van der Waals surface area contributed by atoms with Gasteiger partial charge in [0.05, 0.1) is 19.4 Å². The molecule has 0 saturated carbocycles. The summed E-state index contributed by atoms with van der Waals surface area (Å²) in [6.45, 7) is 7.92. The monoisotopic (exact) mass is 336 g/mol. The molecule has 1 aromatic rings. The van der Waals surface area contributed by atoms with E-state index in [4.69, 9.17) is 9.57 Å². The molecule has 1 saturated heterocycles. The molecule has 0 unspecified atom stereocenters. The second-order valence-corrected chi connectivity index (χ2v) is 6.62. The Labute approximate surface area is 143 Å². The minimum atomic E-state index is -0.444. The van der Waals surface area contributed by atoms with Gasteiger partial charge in [-0.1, -0.05) is 0 Å². The third-order valence-corrected chi connectivity index (χ3v) is 4.21. The Hall–Kier alpha value is -1.79. The molecule has 0 radical (unpaired) electrons. The van der Waals surface area contributed by atoms with Crippen molar-refractivity contribution in [3.05, 3.63) is 24.3 Å². The fourth-order valence-electron chi connectivity index (χ4n) is 3.18. The van der Waals surface area contributed by atoms with Gasteiger partial charge in [-0.3, -0.25) is 9.63 Å². The number of aliphatic hydroxyl groups excluding tert-OH is 1. The van der Waals surface area contributed by atoms with Crippen molar-refractivity contribution in [2.24, 2.45) is 0 Å². The molecule has 0 bridgehead atoms. The third kappa shape index (κ3) is 3.82. The molecule has 1 amide bonds. The van der Waals surface area contributed by atoms with Gasteiger partial charge in [0, 0.05) is 18.5 Å². The van der Waals surface area contributed by atoms with E-state index in [0.29, 0.717) is 6.42 Å². The van der Waals surface area contributed by atoms with Crippen molar-refractivity contribution in [1.29, 1.82) is 0 Å². The summed E-state index contributed by atoms with van der Waals surface area (Å²) in [6, 6.07) is 7.12. The Morgan fingerprint density at radius 3 is 2.33 bits per heavy atom. The maximum absolute atomic E-state index is 13.1. The van der Waals surface area contributed by atoms with Gasteiger partial charge in [0.15, 0.2) is 0 Å². The highest BCUT2D eigenvalue weighted by molar-refractivity contribution is 5.86. The lowest BCUT2D eigenvalue weighted by molar-refractivity contribution is -0.136. The molecule has 6 nitrogen and oxygen atoms in total. The SMILES string of the molecule is COc1ccc(N2O[C@H](CO)C[C@@H]2C(=O)N(C(C)C)C(C)C)cc1. The van der Waals surface area contributed by atoms with E-state index in [1.54, 1.807) is 12.2 Å². The van der Waals surface area contributed by atoms with E-state index >= 15 is 0 Å². The molecule has 1 fully saturated rings. The molecular formula is C18H28N2O4. The van der Waals surface area contributed by atoms with Crippen molar-refractivity contribution in [2.75, 3.05) is 18.8 Å². The summed E-state index contributed by atoms with van der Waals surface area (Å²) in [6.07, 6.45) is 0.0966. The first-order valence-corrected chi connectivity index (χ1v) is 8.42. The van der Waals surface area contributed by atoms with E-state index in [2.05, 4.69) is 0 Å². The standard InChI is InChI=1S/C18H28N2O4/c1-12(2)19(13(3)4)18(22)17-10-16(11-21)24-20(17)14-6-8-15(23-5)9-7-14/h6-9,12-13,16-17,21H,10-11H2,1-5H3/t16-,17+/m0/s1. The second kappa shape index (κ2) is 7.85. The van der Waals surface area contributed by atoms with E-state index in [-0.39, 0.29) is 30.7 Å². The van der Waals surface area contributed by atoms with Crippen molar-refractivity contribution < 1.29 is 19.5 Å². The number of carbonyl (C=O) groups is 1. The molecule has 1 N–H and O–H groups in total. The lowest BCUT2D eigenvalue weighted by Gasteiger charge is -2.35. The highest BCUT2D eigenvalue weighted by Crippen LogP contribution is 2.31. The zero-order valence-electron chi connectivity index (χ0n) is 15.1. The molecule has 0 spiro atoms. The van der Waals surface area contributed by atoms with E-state index in [1.165, 1.54) is 0 Å². The van der Waals surface area contributed by atoms with E-state index in [1.807, 2.05) is 56.9 Å². The first-order chi connectivity index (χ1) is 11.4. The number of methoxy groups -OCH3 is 1. The van der Waals surface area contributed by atoms with Gasteiger partial charge < -0.3 is 14.7 Å². The predicted molar refractivity (Wildman–Crippen MR) is 93.0 cm³/mol. The number of hydroxylamine groups is 1. The number of benzene rings is 1. The minimum Gasteiger partial charge on any atom is -0.497 e. The fourth-order valence-corrected chi connectivity index (χ4v) is 3.18. The topological polar surface area (TPSA) is 62.2 Å². The molecule has 6 heteroatoms. The molecule has 1 heterocycles. The molecular weight excluding hydrogens is 308 g/mol. The van der Waals surface area contributed by atoms with Crippen LogP contribution in [0.25, 0.3) is 0 Å². The van der Waals surface area contributed by atoms with Crippen LogP contribution in [0.3, 0.4) is 0 Å². The van der Waals surface area contributed by atoms with Crippen molar-refractivity contribution in [3.8, 4) is 5.75 Å². The summed E-state index contributed by atoms with van der Waals surface area (Å²) in [5.74, 6) is 0.761. The Balaban J connectivity index is 2.28. The summed E-state index contributed by atoms with van der Waals surface area (Å²) >= 11 is 0. The number of aliphatic hydroxyl groups is 1. The van der Waals surface area contributed by atoms with Crippen LogP contribution in [-0.4, -0.2) is 53.9 Å². The van der Waals surface area contributed by atoms with Gasteiger partial charge in [0.2, 0.25) is 5.91 Å². The quantitative estimate of drug-likeness (QED) is 0.863. The van der Waals surface area contributed by atoms with E-state index in [9.17, 15) is 9.90 Å². The molecule has 1 aromatic carbocycles. The Kier molecular flexibility index (Phi) is 6.07. The molecule has 0 aromatic heterocycles. The van der Waals surface area contributed by atoms with Crippen molar-refractivity contribution in [1.82, 2.24) is 4.90 Å². The summed E-state index contributed by atoms with van der Waals surface area (Å²) in [7, 11) is 1.61. The van der Waals surface area contributed by atoms with Crippen LogP contribution in [0.15, 0.2) is 24.3 Å². The van der Waals surface area contributed by atoms with Gasteiger partial charge in [-0.15, -0.1) is 0 Å². The first-order valence-electron chi connectivity index (χ1n) is 8.42. The fraction of sp³-hybridized carbons (Fsp3) is 0.611. The number of hydrogen-bond donors (Lipinski definition) is 1. The normalized spacial score (nSPS) is 20.8. The van der Waals surface area contributed by atoms with Crippen molar-refractivity contribution in [2.45, 2.75) is 58.3 Å². The number of amides is 1. The maximum atomic E-state index is 13.1. The van der Waals surface area contributed by atoms with Gasteiger partial charge in [-0.05, 0) is 52.0 Å². The maximum Gasteiger partial charge on any atom is 0.248 e. The van der Waals surface area contributed by atoms with E-state index < -0.39 is 6.04 Å². The third-order valence-electron chi connectivity index (χ3n) is 4.21. The van der Waals surface area contributed by atoms with Crippen LogP contribution in [0.5, 0.6) is 5.75 Å². The molecule has 24 heavy (non-hydrogen) atoms. The number of ether oxygens (including phenoxy) is 1. The van der Waals surface area contributed by atoms with Crippen LogP contribution in [0, 0.1) is 0 Å². The Morgan fingerprint density at radius 1 is 1.29 bits per heavy atom. The lowest BCUT2D eigenvalue weighted by atomic mass is 10.1. The second-order valence-electron chi connectivity index (χ2n) is 6.62. The largest absolute Gasteiger partial charge is 0.497 e. The number of carbonyl (C=O) groups excluding carboxylic acids is 1. The summed E-state index contributed by atoms with van der Waals surface area (Å²) in [5.41, 5.74) is 0.776. The molecule has 1 aliphatic rings. The van der Waals surface area contributed by atoms with Crippen LogP contribution in [0.2, 0.25) is 0 Å². The van der Waals surface area contributed by atoms with Crippen LogP contribution in [0.1, 0.15) is 34.1 Å². The minimum absolute atomic E-state index is 0.0202. The zero-order valence-corrected chi connectivity index (χ0v) is 15.1. The summed E-state index contributed by atoms with van der Waals surface area (Å²) in [5, 5.41) is 11.1. The predicted octanol–water partition coefficient (Wildman–Crippen LogP) is 2.21. The number of rotatable bonds is 6. The molecule has 2 rings (SSSR count). The summed E-state index contributed by atoms with van der Waals surface area (Å²) in [4.78, 5) is 20.8. The molecule has 134 valence electrons. The van der Waals surface area contributed by atoms with Gasteiger partial charge in [-0.2, -0.15) is 0 Å². The van der Waals surface area contributed by atoms with Gasteiger partial charge in [-0.25, -0.2) is 5.06 Å². The number of hydrogen-bond acceptors (Lipinski definition) is 5. The van der Waals surface area contributed by atoms with Gasteiger partial charge >= 0.3 is 0 Å². The Bertz CT molecular complexity index is 536.